The Kier molecular flexibility index (Phi) is 2.49. The molecule has 0 amide bonds. The number of anilines is 1. The molecule has 0 saturated heterocycles. The average Bonchev–Trinajstić information content (AvgIpc) is 2.89. The molecule has 0 aliphatic rings. The van der Waals surface area contributed by atoms with Crippen LogP contribution in [0, 0.1) is 0 Å². The van der Waals surface area contributed by atoms with Crippen molar-refractivity contribution in [2.75, 3.05) is 5.73 Å². The van der Waals surface area contributed by atoms with Gasteiger partial charge in [0.2, 0.25) is 5.82 Å². The van der Waals surface area contributed by atoms with Crippen molar-refractivity contribution in [1.82, 2.24) is 15.1 Å². The van der Waals surface area contributed by atoms with Gasteiger partial charge in [-0.2, -0.15) is 4.98 Å². The molecule has 0 fully saturated rings. The molecule has 0 saturated carbocycles. The summed E-state index contributed by atoms with van der Waals surface area (Å²) in [6, 6.07) is 13.1. The molecule has 0 radical (unpaired) electrons. The van der Waals surface area contributed by atoms with E-state index in [0.717, 1.165) is 11.1 Å². The zero-order chi connectivity index (χ0) is 12.4. The van der Waals surface area contributed by atoms with Gasteiger partial charge in [-0.15, -0.1) is 0 Å². The number of hydrogen-bond donors (Lipinski definition) is 1. The SMILES string of the molecule is Nc1cc(-c2nc(-c3ccccc3)no2)ccn1. The lowest BCUT2D eigenvalue weighted by Gasteiger charge is -1.94. The number of rotatable bonds is 2. The Morgan fingerprint density at radius 1 is 1.00 bits per heavy atom. The Hall–Kier alpha value is -2.69. The second kappa shape index (κ2) is 4.29. The molecule has 0 atom stereocenters. The van der Waals surface area contributed by atoms with Crippen molar-refractivity contribution in [2.24, 2.45) is 0 Å². The standard InChI is InChI=1S/C13H10N4O/c14-11-8-10(6-7-15-11)13-16-12(17-18-13)9-4-2-1-3-5-9/h1-8H,(H2,14,15). The molecule has 0 unspecified atom stereocenters. The molecule has 0 aliphatic heterocycles. The van der Waals surface area contributed by atoms with Gasteiger partial charge in [0.1, 0.15) is 5.82 Å². The maximum Gasteiger partial charge on any atom is 0.258 e. The molecule has 18 heavy (non-hydrogen) atoms. The Labute approximate surface area is 103 Å². The third-order valence-corrected chi connectivity index (χ3v) is 2.49. The van der Waals surface area contributed by atoms with E-state index in [0.29, 0.717) is 17.5 Å². The molecule has 3 rings (SSSR count). The van der Waals surface area contributed by atoms with E-state index in [2.05, 4.69) is 15.1 Å². The highest BCUT2D eigenvalue weighted by atomic mass is 16.5. The van der Waals surface area contributed by atoms with Crippen LogP contribution in [0.4, 0.5) is 5.82 Å². The number of pyridine rings is 1. The van der Waals surface area contributed by atoms with Gasteiger partial charge in [-0.05, 0) is 12.1 Å². The fourth-order valence-corrected chi connectivity index (χ4v) is 1.63. The largest absolute Gasteiger partial charge is 0.384 e. The number of nitrogen functional groups attached to an aromatic ring is 1. The van der Waals surface area contributed by atoms with Crippen molar-refractivity contribution in [1.29, 1.82) is 0 Å². The minimum absolute atomic E-state index is 0.423. The Bertz CT molecular complexity index is 664. The number of hydrogen-bond acceptors (Lipinski definition) is 5. The smallest absolute Gasteiger partial charge is 0.258 e. The molecule has 0 aliphatic carbocycles. The van der Waals surface area contributed by atoms with E-state index >= 15 is 0 Å². The fraction of sp³-hybridized carbons (Fsp3) is 0. The minimum atomic E-state index is 0.423. The third-order valence-electron chi connectivity index (χ3n) is 2.49. The number of benzene rings is 1. The third kappa shape index (κ3) is 1.93. The molecule has 5 nitrogen and oxygen atoms in total. The second-order valence-electron chi connectivity index (χ2n) is 3.76. The summed E-state index contributed by atoms with van der Waals surface area (Å²) < 4.78 is 5.22. The molecule has 5 heteroatoms. The van der Waals surface area contributed by atoms with Gasteiger partial charge in [-0.25, -0.2) is 4.98 Å². The predicted octanol–water partition coefficient (Wildman–Crippen LogP) is 2.38. The molecule has 88 valence electrons. The van der Waals surface area contributed by atoms with Crippen molar-refractivity contribution in [3.8, 4) is 22.8 Å². The quantitative estimate of drug-likeness (QED) is 0.741. The molecule has 2 heterocycles. The zero-order valence-corrected chi connectivity index (χ0v) is 9.45. The van der Waals surface area contributed by atoms with Crippen LogP contribution in [0.5, 0.6) is 0 Å². The first-order valence-electron chi connectivity index (χ1n) is 5.44. The van der Waals surface area contributed by atoms with E-state index in [9.17, 15) is 0 Å². The number of aromatic nitrogens is 3. The summed E-state index contributed by atoms with van der Waals surface area (Å²) in [7, 11) is 0. The maximum atomic E-state index is 5.61. The van der Waals surface area contributed by atoms with Crippen LogP contribution in [-0.4, -0.2) is 15.1 Å². The van der Waals surface area contributed by atoms with E-state index in [-0.39, 0.29) is 0 Å². The first-order chi connectivity index (χ1) is 8.83. The van der Waals surface area contributed by atoms with Crippen LogP contribution >= 0.6 is 0 Å². The highest BCUT2D eigenvalue weighted by Gasteiger charge is 2.10. The summed E-state index contributed by atoms with van der Waals surface area (Å²) in [5.74, 6) is 1.41. The van der Waals surface area contributed by atoms with Gasteiger partial charge in [-0.3, -0.25) is 0 Å². The van der Waals surface area contributed by atoms with Gasteiger partial charge in [0.25, 0.3) is 5.89 Å². The van der Waals surface area contributed by atoms with E-state index in [1.165, 1.54) is 0 Å². The normalized spacial score (nSPS) is 10.4. The van der Waals surface area contributed by atoms with Crippen LogP contribution in [0.3, 0.4) is 0 Å². The van der Waals surface area contributed by atoms with Gasteiger partial charge in [0.15, 0.2) is 0 Å². The number of nitrogens with zero attached hydrogens (tertiary/aromatic N) is 3. The Morgan fingerprint density at radius 3 is 2.61 bits per heavy atom. The summed E-state index contributed by atoms with van der Waals surface area (Å²) in [6.07, 6.45) is 1.61. The molecule has 1 aromatic carbocycles. The Morgan fingerprint density at radius 2 is 1.83 bits per heavy atom. The number of nitrogens with two attached hydrogens (primary N) is 1. The first kappa shape index (κ1) is 10.5. The first-order valence-corrected chi connectivity index (χ1v) is 5.44. The Balaban J connectivity index is 2.00. The van der Waals surface area contributed by atoms with Crippen LogP contribution < -0.4 is 5.73 Å². The van der Waals surface area contributed by atoms with Crippen molar-refractivity contribution in [2.45, 2.75) is 0 Å². The summed E-state index contributed by atoms with van der Waals surface area (Å²) in [5, 5.41) is 3.95. The molecule has 2 aromatic heterocycles. The summed E-state index contributed by atoms with van der Waals surface area (Å²) in [5.41, 5.74) is 7.29. The summed E-state index contributed by atoms with van der Waals surface area (Å²) in [4.78, 5) is 8.25. The van der Waals surface area contributed by atoms with E-state index in [1.54, 1.807) is 18.3 Å². The second-order valence-corrected chi connectivity index (χ2v) is 3.76. The van der Waals surface area contributed by atoms with Crippen LogP contribution in [0.25, 0.3) is 22.8 Å². The lowest BCUT2D eigenvalue weighted by Crippen LogP contribution is -1.89. The lowest BCUT2D eigenvalue weighted by molar-refractivity contribution is 0.432. The average molecular weight is 238 g/mol. The van der Waals surface area contributed by atoms with Crippen molar-refractivity contribution < 1.29 is 4.52 Å². The molecular weight excluding hydrogens is 228 g/mol. The maximum absolute atomic E-state index is 5.61. The highest BCUT2D eigenvalue weighted by molar-refractivity contribution is 5.61. The van der Waals surface area contributed by atoms with Gasteiger partial charge in [-0.1, -0.05) is 35.5 Å². The monoisotopic (exact) mass is 238 g/mol. The van der Waals surface area contributed by atoms with Crippen molar-refractivity contribution >= 4 is 5.82 Å². The minimum Gasteiger partial charge on any atom is -0.384 e. The molecule has 0 spiro atoms. The zero-order valence-electron chi connectivity index (χ0n) is 9.45. The topological polar surface area (TPSA) is 77.8 Å². The van der Waals surface area contributed by atoms with Gasteiger partial charge in [0, 0.05) is 17.3 Å². The van der Waals surface area contributed by atoms with Gasteiger partial charge >= 0.3 is 0 Å². The fourth-order valence-electron chi connectivity index (χ4n) is 1.63. The molecule has 2 N–H and O–H groups in total. The van der Waals surface area contributed by atoms with Crippen LogP contribution in [-0.2, 0) is 0 Å². The van der Waals surface area contributed by atoms with Crippen LogP contribution in [0.1, 0.15) is 0 Å². The highest BCUT2D eigenvalue weighted by Crippen LogP contribution is 2.22. The van der Waals surface area contributed by atoms with E-state index in [1.807, 2.05) is 30.3 Å². The van der Waals surface area contributed by atoms with E-state index in [4.69, 9.17) is 10.3 Å². The summed E-state index contributed by atoms with van der Waals surface area (Å²) in [6.45, 7) is 0. The molecule has 3 aromatic rings. The van der Waals surface area contributed by atoms with Crippen molar-refractivity contribution in [3.63, 3.8) is 0 Å². The molecular formula is C13H10N4O. The van der Waals surface area contributed by atoms with Crippen molar-refractivity contribution in [3.05, 3.63) is 48.7 Å². The van der Waals surface area contributed by atoms with Crippen LogP contribution in [0.2, 0.25) is 0 Å². The van der Waals surface area contributed by atoms with Gasteiger partial charge in [0.05, 0.1) is 0 Å². The molecule has 0 bridgehead atoms. The predicted molar refractivity (Wildman–Crippen MR) is 67.4 cm³/mol. The van der Waals surface area contributed by atoms with E-state index < -0.39 is 0 Å². The van der Waals surface area contributed by atoms with Crippen LogP contribution in [0.15, 0.2) is 53.2 Å². The lowest BCUT2D eigenvalue weighted by atomic mass is 10.2. The summed E-state index contributed by atoms with van der Waals surface area (Å²) >= 11 is 0. The van der Waals surface area contributed by atoms with Gasteiger partial charge < -0.3 is 10.3 Å².